The molecule has 0 amide bonds. The Bertz CT molecular complexity index is 820. The Labute approximate surface area is 138 Å². The molecule has 0 heterocycles. The highest BCUT2D eigenvalue weighted by Crippen LogP contribution is 2.35. The normalized spacial score (nSPS) is 15.8. The smallest absolute Gasteiger partial charge is 0.376 e. The van der Waals surface area contributed by atoms with Gasteiger partial charge in [0.05, 0.1) is 22.9 Å². The van der Waals surface area contributed by atoms with Crippen molar-refractivity contribution >= 4 is 15.9 Å². The number of halogens is 6. The van der Waals surface area contributed by atoms with Crippen LogP contribution in [0.15, 0.2) is 24.3 Å². The summed E-state index contributed by atoms with van der Waals surface area (Å²) in [6.07, 6.45) is -9.24. The topological polar surface area (TPSA) is 78.2 Å². The lowest BCUT2D eigenvalue weighted by Crippen LogP contribution is -2.48. The number of aliphatic hydroxyl groups is 1. The van der Waals surface area contributed by atoms with E-state index in [1.807, 2.05) is 0 Å². The average Bonchev–Trinajstić information content (AvgIpc) is 2.41. The van der Waals surface area contributed by atoms with Gasteiger partial charge in [0.15, 0.2) is 15.4 Å². The highest BCUT2D eigenvalue weighted by molar-refractivity contribution is 7.90. The lowest BCUT2D eigenvalue weighted by molar-refractivity contribution is -0.230. The van der Waals surface area contributed by atoms with E-state index < -0.39 is 50.2 Å². The van der Waals surface area contributed by atoms with Crippen molar-refractivity contribution in [2.24, 2.45) is 0 Å². The zero-order chi connectivity index (χ0) is 19.7. The summed E-state index contributed by atoms with van der Waals surface area (Å²) in [4.78, 5) is 0. The van der Waals surface area contributed by atoms with Gasteiger partial charge in [-0.25, -0.2) is 8.42 Å². The first-order valence-corrected chi connectivity index (χ1v) is 8.42. The minimum Gasteiger partial charge on any atom is -0.376 e. The molecule has 4 nitrogen and oxygen atoms in total. The van der Waals surface area contributed by atoms with Crippen LogP contribution in [0, 0.1) is 11.3 Å². The first-order valence-electron chi connectivity index (χ1n) is 6.36. The van der Waals surface area contributed by atoms with Crippen LogP contribution in [0.2, 0.25) is 0 Å². The second-order valence-corrected chi connectivity index (χ2v) is 7.38. The molecule has 0 fully saturated rings. The largest absolute Gasteiger partial charge is 0.421 e. The summed E-state index contributed by atoms with van der Waals surface area (Å²) in [6, 6.07) is 3.41. The minimum atomic E-state index is -5.37. The van der Waals surface area contributed by atoms with Gasteiger partial charge < -0.3 is 5.11 Å². The summed E-state index contributed by atoms with van der Waals surface area (Å²) in [5.41, 5.74) is -6.27. The molecule has 0 saturated carbocycles. The second kappa shape index (κ2) is 6.68. The predicted octanol–water partition coefficient (Wildman–Crippen LogP) is 2.93. The fourth-order valence-electron chi connectivity index (χ4n) is 1.86. The van der Waals surface area contributed by atoms with Crippen LogP contribution in [0.25, 0.3) is 6.08 Å². The van der Waals surface area contributed by atoms with Crippen LogP contribution in [0.1, 0.15) is 16.7 Å². The average molecular weight is 387 g/mol. The summed E-state index contributed by atoms with van der Waals surface area (Å²) in [6.45, 7) is 0. The molecule has 0 bridgehead atoms. The fraction of sp³-hybridized carbons (Fsp3) is 0.357. The lowest BCUT2D eigenvalue weighted by atomic mass is 10.0. The summed E-state index contributed by atoms with van der Waals surface area (Å²) in [5.74, 6) is -1.69. The molecule has 138 valence electrons. The number of nitriles is 1. The third-order valence-electron chi connectivity index (χ3n) is 2.99. The molecular weight excluding hydrogens is 376 g/mol. The van der Waals surface area contributed by atoms with Gasteiger partial charge in [-0.3, -0.25) is 0 Å². The van der Waals surface area contributed by atoms with Crippen LogP contribution >= 0.6 is 0 Å². The van der Waals surface area contributed by atoms with E-state index >= 15 is 0 Å². The Morgan fingerprint density at radius 1 is 1.20 bits per heavy atom. The predicted molar refractivity (Wildman–Crippen MR) is 75.9 cm³/mol. The molecule has 11 heteroatoms. The van der Waals surface area contributed by atoms with Crippen molar-refractivity contribution in [3.05, 3.63) is 41.0 Å². The summed E-state index contributed by atoms with van der Waals surface area (Å²) >= 11 is 0. The van der Waals surface area contributed by atoms with Gasteiger partial charge in [0.1, 0.15) is 0 Å². The van der Waals surface area contributed by atoms with Crippen molar-refractivity contribution in [2.75, 3.05) is 12.0 Å². The number of benzene rings is 1. The molecule has 25 heavy (non-hydrogen) atoms. The van der Waals surface area contributed by atoms with E-state index in [9.17, 15) is 39.9 Å². The lowest BCUT2D eigenvalue weighted by Gasteiger charge is -2.26. The Morgan fingerprint density at radius 2 is 1.76 bits per heavy atom. The maximum absolute atomic E-state index is 12.9. The highest BCUT2D eigenvalue weighted by Gasteiger charge is 2.53. The molecule has 0 radical (unpaired) electrons. The van der Waals surface area contributed by atoms with Gasteiger partial charge in [0.2, 0.25) is 0 Å². The van der Waals surface area contributed by atoms with Gasteiger partial charge in [0, 0.05) is 6.26 Å². The van der Waals surface area contributed by atoms with Crippen LogP contribution in [-0.2, 0) is 16.0 Å². The van der Waals surface area contributed by atoms with Gasteiger partial charge in [0.25, 0.3) is 0 Å². The molecule has 1 aromatic rings. The van der Waals surface area contributed by atoms with Gasteiger partial charge >= 0.3 is 12.4 Å². The van der Waals surface area contributed by atoms with Crippen molar-refractivity contribution in [3.8, 4) is 6.07 Å². The number of rotatable bonds is 4. The molecule has 1 N–H and O–H groups in total. The fourth-order valence-corrected chi connectivity index (χ4v) is 2.92. The quantitative estimate of drug-likeness (QED) is 0.806. The molecular formula is C14H11F6NO3S. The third kappa shape index (κ3) is 5.47. The van der Waals surface area contributed by atoms with Crippen LogP contribution < -0.4 is 0 Å². The number of sulfone groups is 1. The van der Waals surface area contributed by atoms with Crippen molar-refractivity contribution in [1.82, 2.24) is 0 Å². The molecule has 1 aromatic carbocycles. The highest BCUT2D eigenvalue weighted by atomic mass is 32.2. The van der Waals surface area contributed by atoms with Crippen molar-refractivity contribution in [3.63, 3.8) is 0 Å². The van der Waals surface area contributed by atoms with Crippen molar-refractivity contribution in [2.45, 2.75) is 18.0 Å². The molecule has 0 aliphatic carbocycles. The number of nitrogens with zero attached hydrogens (tertiary/aromatic N) is 1. The molecule has 1 rings (SSSR count). The Morgan fingerprint density at radius 3 is 2.16 bits per heavy atom. The molecule has 1 unspecified atom stereocenters. The molecule has 1 atom stereocenters. The van der Waals surface area contributed by atoms with Crippen LogP contribution in [0.3, 0.4) is 0 Å². The van der Waals surface area contributed by atoms with E-state index in [2.05, 4.69) is 0 Å². The van der Waals surface area contributed by atoms with Crippen LogP contribution in [0.4, 0.5) is 26.3 Å². The molecule has 0 aliphatic heterocycles. The van der Waals surface area contributed by atoms with Crippen molar-refractivity contribution < 1.29 is 39.9 Å². The van der Waals surface area contributed by atoms with E-state index in [4.69, 9.17) is 5.26 Å². The molecule has 0 aliphatic rings. The van der Waals surface area contributed by atoms with Crippen LogP contribution in [0.5, 0.6) is 0 Å². The standard InChI is InChI=1S/C14H11F6NO3S/c1-25(23,24)8-12(22,14(18,19)20)5-4-9-2-3-10(7-21)11(6-9)13(15,16)17/h2-6,22H,8H2,1H3. The molecule has 0 spiro atoms. The summed E-state index contributed by atoms with van der Waals surface area (Å²) < 4.78 is 99.5. The Hall–Kier alpha value is -2.06. The number of hydrogen-bond acceptors (Lipinski definition) is 4. The summed E-state index contributed by atoms with van der Waals surface area (Å²) in [5, 5.41) is 18.3. The van der Waals surface area contributed by atoms with E-state index in [1.165, 1.54) is 6.07 Å². The first kappa shape index (κ1) is 21.0. The number of hydrogen-bond donors (Lipinski definition) is 1. The van der Waals surface area contributed by atoms with Crippen molar-refractivity contribution in [1.29, 1.82) is 5.26 Å². The minimum absolute atomic E-state index is 0.0651. The van der Waals surface area contributed by atoms with Gasteiger partial charge in [-0.1, -0.05) is 12.1 Å². The van der Waals surface area contributed by atoms with Crippen LogP contribution in [-0.4, -0.2) is 37.3 Å². The molecule has 0 saturated heterocycles. The maximum Gasteiger partial charge on any atom is 0.421 e. The Kier molecular flexibility index (Phi) is 5.61. The second-order valence-electron chi connectivity index (χ2n) is 5.24. The van der Waals surface area contributed by atoms with Gasteiger partial charge in [-0.15, -0.1) is 0 Å². The third-order valence-corrected chi connectivity index (χ3v) is 3.96. The first-order chi connectivity index (χ1) is 11.1. The zero-order valence-electron chi connectivity index (χ0n) is 12.5. The van der Waals surface area contributed by atoms with E-state index in [-0.39, 0.29) is 6.08 Å². The SMILES string of the molecule is CS(=O)(=O)CC(O)(C=Cc1ccc(C#N)c(C(F)(F)F)c1)C(F)(F)F. The summed E-state index contributed by atoms with van der Waals surface area (Å²) in [7, 11) is -4.26. The maximum atomic E-state index is 12.9. The van der Waals surface area contributed by atoms with E-state index in [1.54, 1.807) is 0 Å². The van der Waals surface area contributed by atoms with E-state index in [0.29, 0.717) is 18.4 Å². The Balaban J connectivity index is 3.37. The molecule has 0 aromatic heterocycles. The van der Waals surface area contributed by atoms with Gasteiger partial charge in [-0.05, 0) is 23.8 Å². The van der Waals surface area contributed by atoms with Gasteiger partial charge in [-0.2, -0.15) is 31.6 Å². The zero-order valence-corrected chi connectivity index (χ0v) is 13.3. The monoisotopic (exact) mass is 387 g/mol. The van der Waals surface area contributed by atoms with E-state index in [0.717, 1.165) is 12.1 Å². The number of alkyl halides is 6.